The van der Waals surface area contributed by atoms with Crippen LogP contribution in [0.3, 0.4) is 0 Å². The highest BCUT2D eigenvalue weighted by Gasteiger charge is 2.23. The van der Waals surface area contributed by atoms with Crippen LogP contribution in [0.15, 0.2) is 24.3 Å². The van der Waals surface area contributed by atoms with Gasteiger partial charge in [0.1, 0.15) is 0 Å². The lowest BCUT2D eigenvalue weighted by Crippen LogP contribution is -2.36. The Hall–Kier alpha value is -1.92. The van der Waals surface area contributed by atoms with Crippen molar-refractivity contribution in [1.29, 1.82) is 0 Å². The normalized spacial score (nSPS) is 15.3. The Bertz CT molecular complexity index is 497. The first kappa shape index (κ1) is 15.5. The molecule has 0 bridgehead atoms. The molecule has 0 spiro atoms. The van der Waals surface area contributed by atoms with E-state index in [2.05, 4.69) is 10.6 Å². The molecule has 0 heterocycles. The van der Waals surface area contributed by atoms with Crippen molar-refractivity contribution in [1.82, 2.24) is 5.32 Å². The Kier molecular flexibility index (Phi) is 5.30. The van der Waals surface area contributed by atoms with E-state index in [-0.39, 0.29) is 11.8 Å². The third kappa shape index (κ3) is 4.84. The number of anilines is 1. The molecule has 114 valence electrons. The van der Waals surface area contributed by atoms with Gasteiger partial charge in [-0.25, -0.2) is 0 Å². The quantitative estimate of drug-likeness (QED) is 0.695. The predicted octanol–water partition coefficient (Wildman–Crippen LogP) is 0.881. The zero-order valence-corrected chi connectivity index (χ0v) is 12.1. The van der Waals surface area contributed by atoms with Crippen LogP contribution in [-0.4, -0.2) is 37.6 Å². The zero-order chi connectivity index (χ0) is 15.2. The topological polar surface area (TPSA) is 93.4 Å². The summed E-state index contributed by atoms with van der Waals surface area (Å²) in [4.78, 5) is 23.6. The fraction of sp³-hybridized carbons (Fsp3) is 0.467. The lowest BCUT2D eigenvalue weighted by atomic mass is 10.1. The van der Waals surface area contributed by atoms with Crippen LogP contribution in [0.2, 0.25) is 0 Å². The zero-order valence-electron chi connectivity index (χ0n) is 12.1. The maximum absolute atomic E-state index is 11.8. The van der Waals surface area contributed by atoms with Crippen LogP contribution in [0, 0.1) is 0 Å². The average Bonchev–Trinajstić information content (AvgIpc) is 3.29. The van der Waals surface area contributed by atoms with Gasteiger partial charge in [0.15, 0.2) is 0 Å². The van der Waals surface area contributed by atoms with Crippen LogP contribution >= 0.6 is 0 Å². The number of carbonyl (C=O) groups excluding carboxylic acids is 2. The van der Waals surface area contributed by atoms with E-state index in [1.807, 2.05) is 0 Å². The van der Waals surface area contributed by atoms with Crippen molar-refractivity contribution in [3.05, 3.63) is 29.8 Å². The van der Waals surface area contributed by atoms with Crippen molar-refractivity contribution in [2.24, 2.45) is 5.73 Å². The molecule has 0 saturated heterocycles. The largest absolute Gasteiger partial charge is 0.385 e. The summed E-state index contributed by atoms with van der Waals surface area (Å²) in [5.41, 5.74) is 6.94. The number of nitrogens with two attached hydrogens (primary N) is 1. The second kappa shape index (κ2) is 7.19. The molecule has 0 aliphatic heterocycles. The second-order valence-electron chi connectivity index (χ2n) is 5.20. The van der Waals surface area contributed by atoms with Gasteiger partial charge in [0.2, 0.25) is 5.91 Å². The van der Waals surface area contributed by atoms with Crippen molar-refractivity contribution >= 4 is 17.5 Å². The molecule has 4 N–H and O–H groups in total. The third-order valence-electron chi connectivity index (χ3n) is 3.30. The van der Waals surface area contributed by atoms with Crippen LogP contribution < -0.4 is 16.4 Å². The predicted molar refractivity (Wildman–Crippen MR) is 80.0 cm³/mol. The molecule has 0 radical (unpaired) electrons. The molecule has 1 aromatic rings. The molecular weight excluding hydrogens is 270 g/mol. The van der Waals surface area contributed by atoms with Crippen molar-refractivity contribution in [2.45, 2.75) is 31.3 Å². The van der Waals surface area contributed by atoms with Crippen LogP contribution in [0.4, 0.5) is 5.69 Å². The van der Waals surface area contributed by atoms with Gasteiger partial charge >= 0.3 is 0 Å². The van der Waals surface area contributed by atoms with Crippen LogP contribution in [0.5, 0.6) is 0 Å². The van der Waals surface area contributed by atoms with Crippen molar-refractivity contribution in [3.63, 3.8) is 0 Å². The van der Waals surface area contributed by atoms with E-state index in [1.54, 1.807) is 31.4 Å². The number of nitrogens with one attached hydrogen (secondary N) is 2. The summed E-state index contributed by atoms with van der Waals surface area (Å²) in [6.45, 7) is 0.439. The molecule has 1 aromatic carbocycles. The molecule has 1 aliphatic carbocycles. The highest BCUT2D eigenvalue weighted by Crippen LogP contribution is 2.19. The molecule has 6 heteroatoms. The summed E-state index contributed by atoms with van der Waals surface area (Å²) in [5.74, 6) is -0.339. The Balaban J connectivity index is 1.86. The van der Waals surface area contributed by atoms with Gasteiger partial charge in [0.25, 0.3) is 5.91 Å². The molecule has 21 heavy (non-hydrogen) atoms. The molecule has 1 aliphatic rings. The average molecular weight is 291 g/mol. The fourth-order valence-electron chi connectivity index (χ4n) is 1.81. The summed E-state index contributed by atoms with van der Waals surface area (Å²) in [7, 11) is 1.57. The molecule has 0 aromatic heterocycles. The molecule has 1 saturated carbocycles. The first-order chi connectivity index (χ1) is 10.1. The maximum atomic E-state index is 11.8. The van der Waals surface area contributed by atoms with Gasteiger partial charge in [-0.05, 0) is 43.5 Å². The van der Waals surface area contributed by atoms with Gasteiger partial charge in [-0.1, -0.05) is 0 Å². The highest BCUT2D eigenvalue weighted by atomic mass is 16.5. The molecule has 1 fully saturated rings. The van der Waals surface area contributed by atoms with Gasteiger partial charge < -0.3 is 21.1 Å². The van der Waals surface area contributed by atoms with Crippen molar-refractivity contribution < 1.29 is 14.3 Å². The van der Waals surface area contributed by atoms with E-state index in [1.165, 1.54) is 0 Å². The number of benzene rings is 1. The van der Waals surface area contributed by atoms with Gasteiger partial charge in [-0.15, -0.1) is 0 Å². The summed E-state index contributed by atoms with van der Waals surface area (Å²) >= 11 is 0. The van der Waals surface area contributed by atoms with E-state index >= 15 is 0 Å². The summed E-state index contributed by atoms with van der Waals surface area (Å²) in [6, 6.07) is 6.49. The van der Waals surface area contributed by atoms with Gasteiger partial charge in [0, 0.05) is 31.0 Å². The van der Waals surface area contributed by atoms with Gasteiger partial charge in [-0.3, -0.25) is 9.59 Å². The number of ether oxygens (including phenoxy) is 1. The second-order valence-corrected chi connectivity index (χ2v) is 5.20. The van der Waals surface area contributed by atoms with Gasteiger partial charge in [-0.2, -0.15) is 0 Å². The van der Waals surface area contributed by atoms with Crippen LogP contribution in [-0.2, 0) is 9.53 Å². The number of carbonyl (C=O) groups is 2. The number of methoxy groups -OCH3 is 1. The highest BCUT2D eigenvalue weighted by molar-refractivity contribution is 5.97. The Morgan fingerprint density at radius 3 is 2.57 bits per heavy atom. The molecular formula is C15H21N3O3. The van der Waals surface area contributed by atoms with Crippen molar-refractivity contribution in [3.8, 4) is 0 Å². The van der Waals surface area contributed by atoms with Gasteiger partial charge in [0.05, 0.1) is 6.04 Å². The summed E-state index contributed by atoms with van der Waals surface area (Å²) in [6.07, 6.45) is 2.57. The van der Waals surface area contributed by atoms with Crippen LogP contribution in [0.25, 0.3) is 0 Å². The van der Waals surface area contributed by atoms with E-state index in [4.69, 9.17) is 10.5 Å². The SMILES string of the molecule is COCCC(N)C(=O)Nc1ccc(C(=O)NC2CC2)cc1. The molecule has 1 unspecified atom stereocenters. The maximum Gasteiger partial charge on any atom is 0.251 e. The van der Waals surface area contributed by atoms with Crippen molar-refractivity contribution in [2.75, 3.05) is 19.0 Å². The Morgan fingerprint density at radius 2 is 2.00 bits per heavy atom. The first-order valence-corrected chi connectivity index (χ1v) is 7.06. The first-order valence-electron chi connectivity index (χ1n) is 7.06. The standard InChI is InChI=1S/C15H21N3O3/c1-21-9-8-13(16)15(20)18-11-4-2-10(3-5-11)14(19)17-12-6-7-12/h2-5,12-13H,6-9,16H2,1H3,(H,17,19)(H,18,20). The molecule has 2 rings (SSSR count). The Labute approximate surface area is 124 Å². The number of hydrogen-bond acceptors (Lipinski definition) is 4. The smallest absolute Gasteiger partial charge is 0.251 e. The lowest BCUT2D eigenvalue weighted by molar-refractivity contribution is -0.117. The van der Waals surface area contributed by atoms with E-state index in [9.17, 15) is 9.59 Å². The third-order valence-corrected chi connectivity index (χ3v) is 3.30. The molecule has 1 atom stereocenters. The summed E-state index contributed by atoms with van der Waals surface area (Å²) in [5, 5.41) is 5.63. The Morgan fingerprint density at radius 1 is 1.33 bits per heavy atom. The monoisotopic (exact) mass is 291 g/mol. The van der Waals surface area contributed by atoms with Crippen LogP contribution in [0.1, 0.15) is 29.6 Å². The van der Waals surface area contributed by atoms with E-state index in [0.717, 1.165) is 12.8 Å². The summed E-state index contributed by atoms with van der Waals surface area (Å²) < 4.78 is 4.89. The van der Waals surface area contributed by atoms with E-state index in [0.29, 0.717) is 30.3 Å². The minimum Gasteiger partial charge on any atom is -0.385 e. The number of rotatable bonds is 7. The fourth-order valence-corrected chi connectivity index (χ4v) is 1.81. The minimum atomic E-state index is -0.609. The van der Waals surface area contributed by atoms with E-state index < -0.39 is 6.04 Å². The number of amides is 2. The number of hydrogen-bond donors (Lipinski definition) is 3. The minimum absolute atomic E-state index is 0.0767. The molecule has 6 nitrogen and oxygen atoms in total. The lowest BCUT2D eigenvalue weighted by Gasteiger charge is -2.12. The molecule has 2 amide bonds.